The number of anilines is 2. The molecule has 0 bridgehead atoms. The van der Waals surface area contributed by atoms with Crippen LogP contribution in [-0.2, 0) is 6.42 Å². The molecule has 0 amide bonds. The van der Waals surface area contributed by atoms with Crippen molar-refractivity contribution < 1.29 is 0 Å². The number of nitrogens with one attached hydrogen (secondary N) is 2. The Bertz CT molecular complexity index is 333. The van der Waals surface area contributed by atoms with Crippen molar-refractivity contribution in [1.82, 2.24) is 9.97 Å². The van der Waals surface area contributed by atoms with Crippen LogP contribution in [0, 0.1) is 0 Å². The Hall–Kier alpha value is -0.970. The van der Waals surface area contributed by atoms with E-state index in [0.717, 1.165) is 43.4 Å². The van der Waals surface area contributed by atoms with E-state index in [9.17, 15) is 0 Å². The molecule has 5 heteroatoms. The molecule has 0 aliphatic heterocycles. The molecule has 0 aliphatic rings. The zero-order chi connectivity index (χ0) is 13.4. The van der Waals surface area contributed by atoms with Crippen molar-refractivity contribution in [1.29, 1.82) is 0 Å². The first-order valence-electron chi connectivity index (χ1n) is 6.58. The zero-order valence-electron chi connectivity index (χ0n) is 11.8. The summed E-state index contributed by atoms with van der Waals surface area (Å²) in [6.07, 6.45) is 4.11. The molecule has 1 aromatic rings. The second kappa shape index (κ2) is 8.19. The van der Waals surface area contributed by atoms with Crippen LogP contribution in [0.5, 0.6) is 0 Å². The first-order chi connectivity index (χ1) is 8.69. The topological polar surface area (TPSA) is 49.8 Å². The van der Waals surface area contributed by atoms with Crippen molar-refractivity contribution in [2.45, 2.75) is 38.9 Å². The Balaban J connectivity index is 2.75. The van der Waals surface area contributed by atoms with Crippen LogP contribution in [0.1, 0.15) is 33.0 Å². The molecule has 0 aromatic carbocycles. The van der Waals surface area contributed by atoms with Crippen molar-refractivity contribution in [2.75, 3.05) is 30.0 Å². The minimum Gasteiger partial charge on any atom is -0.370 e. The molecule has 1 unspecified atom stereocenters. The predicted octanol–water partition coefficient (Wildman–Crippen LogP) is 3.02. The van der Waals surface area contributed by atoms with Crippen molar-refractivity contribution >= 4 is 23.4 Å². The van der Waals surface area contributed by atoms with Crippen LogP contribution in [0.4, 0.5) is 11.6 Å². The molecule has 18 heavy (non-hydrogen) atoms. The minimum absolute atomic E-state index is 0.581. The molecular formula is C13H24N4S. The first kappa shape index (κ1) is 15.1. The zero-order valence-corrected chi connectivity index (χ0v) is 12.6. The van der Waals surface area contributed by atoms with Crippen LogP contribution in [-0.4, -0.2) is 34.6 Å². The molecule has 1 heterocycles. The van der Waals surface area contributed by atoms with E-state index in [1.165, 1.54) is 0 Å². The van der Waals surface area contributed by atoms with Crippen LogP contribution in [0.15, 0.2) is 6.07 Å². The molecule has 0 saturated heterocycles. The maximum absolute atomic E-state index is 4.54. The highest BCUT2D eigenvalue weighted by Crippen LogP contribution is 2.14. The number of aromatic nitrogens is 2. The van der Waals surface area contributed by atoms with Gasteiger partial charge in [-0.1, -0.05) is 13.8 Å². The lowest BCUT2D eigenvalue weighted by Gasteiger charge is -2.13. The Labute approximate surface area is 114 Å². The molecular weight excluding hydrogens is 244 g/mol. The Morgan fingerprint density at radius 1 is 1.22 bits per heavy atom. The summed E-state index contributed by atoms with van der Waals surface area (Å²) in [6, 6.07) is 1.98. The number of aryl methyl sites for hydroxylation is 1. The normalized spacial score (nSPS) is 12.2. The second-order valence-electron chi connectivity index (χ2n) is 4.26. The molecule has 4 nitrogen and oxygen atoms in total. The first-order valence-corrected chi connectivity index (χ1v) is 7.86. The van der Waals surface area contributed by atoms with Gasteiger partial charge in [0, 0.05) is 30.8 Å². The lowest BCUT2D eigenvalue weighted by atomic mass is 10.3. The fraction of sp³-hybridized carbons (Fsp3) is 0.692. The van der Waals surface area contributed by atoms with Gasteiger partial charge in [-0.2, -0.15) is 11.8 Å². The summed E-state index contributed by atoms with van der Waals surface area (Å²) in [5, 5.41) is 7.21. The van der Waals surface area contributed by atoms with Crippen LogP contribution < -0.4 is 10.6 Å². The number of hydrogen-bond acceptors (Lipinski definition) is 5. The van der Waals surface area contributed by atoms with E-state index in [1.807, 2.05) is 17.8 Å². The van der Waals surface area contributed by atoms with Gasteiger partial charge in [-0.25, -0.2) is 9.97 Å². The van der Waals surface area contributed by atoms with Crippen molar-refractivity contribution in [3.05, 3.63) is 11.9 Å². The van der Waals surface area contributed by atoms with E-state index in [1.54, 1.807) is 0 Å². The van der Waals surface area contributed by atoms with E-state index in [-0.39, 0.29) is 0 Å². The van der Waals surface area contributed by atoms with Crippen molar-refractivity contribution in [2.24, 2.45) is 0 Å². The van der Waals surface area contributed by atoms with E-state index in [4.69, 9.17) is 0 Å². The number of rotatable bonds is 8. The maximum Gasteiger partial charge on any atom is 0.133 e. The smallest absolute Gasteiger partial charge is 0.133 e. The Morgan fingerprint density at radius 3 is 2.44 bits per heavy atom. The van der Waals surface area contributed by atoms with Gasteiger partial charge in [0.2, 0.25) is 0 Å². The quantitative estimate of drug-likeness (QED) is 0.759. The van der Waals surface area contributed by atoms with E-state index < -0.39 is 0 Å². The summed E-state index contributed by atoms with van der Waals surface area (Å²) < 4.78 is 0. The van der Waals surface area contributed by atoms with E-state index >= 15 is 0 Å². The molecule has 2 N–H and O–H groups in total. The molecule has 0 spiro atoms. The maximum atomic E-state index is 4.54. The Morgan fingerprint density at radius 2 is 1.89 bits per heavy atom. The second-order valence-corrected chi connectivity index (χ2v) is 5.54. The molecule has 0 aliphatic carbocycles. The summed E-state index contributed by atoms with van der Waals surface area (Å²) in [5.41, 5.74) is 0. The van der Waals surface area contributed by atoms with Crippen LogP contribution in [0.3, 0.4) is 0 Å². The monoisotopic (exact) mass is 268 g/mol. The SMILES string of the molecule is CCCc1nc(NCC)cc(NCC(C)SC)n1. The average molecular weight is 268 g/mol. The summed E-state index contributed by atoms with van der Waals surface area (Å²) in [6.45, 7) is 8.23. The van der Waals surface area contributed by atoms with E-state index in [2.05, 4.69) is 47.6 Å². The van der Waals surface area contributed by atoms with Gasteiger partial charge in [0.1, 0.15) is 17.5 Å². The van der Waals surface area contributed by atoms with E-state index in [0.29, 0.717) is 5.25 Å². The highest BCUT2D eigenvalue weighted by molar-refractivity contribution is 7.99. The van der Waals surface area contributed by atoms with Crippen LogP contribution >= 0.6 is 11.8 Å². The Kier molecular flexibility index (Phi) is 6.86. The summed E-state index contributed by atoms with van der Waals surface area (Å²) in [5.74, 6) is 2.75. The lowest BCUT2D eigenvalue weighted by Crippen LogP contribution is -2.15. The predicted molar refractivity (Wildman–Crippen MR) is 81.7 cm³/mol. The number of thioether (sulfide) groups is 1. The highest BCUT2D eigenvalue weighted by atomic mass is 32.2. The average Bonchev–Trinajstić information content (AvgIpc) is 2.36. The fourth-order valence-electron chi connectivity index (χ4n) is 1.53. The van der Waals surface area contributed by atoms with Crippen LogP contribution in [0.25, 0.3) is 0 Å². The van der Waals surface area contributed by atoms with Gasteiger partial charge in [-0.3, -0.25) is 0 Å². The van der Waals surface area contributed by atoms with Crippen molar-refractivity contribution in [3.8, 4) is 0 Å². The highest BCUT2D eigenvalue weighted by Gasteiger charge is 2.05. The van der Waals surface area contributed by atoms with Crippen molar-refractivity contribution in [3.63, 3.8) is 0 Å². The molecule has 102 valence electrons. The van der Waals surface area contributed by atoms with Gasteiger partial charge in [0.25, 0.3) is 0 Å². The summed E-state index contributed by atoms with van der Waals surface area (Å²) in [4.78, 5) is 9.03. The molecule has 1 atom stereocenters. The molecule has 0 radical (unpaired) electrons. The third-order valence-corrected chi connectivity index (χ3v) is 3.55. The third kappa shape index (κ3) is 5.12. The van der Waals surface area contributed by atoms with Gasteiger partial charge in [-0.05, 0) is 19.6 Å². The van der Waals surface area contributed by atoms with Gasteiger partial charge >= 0.3 is 0 Å². The lowest BCUT2D eigenvalue weighted by molar-refractivity contribution is 0.832. The minimum atomic E-state index is 0.581. The van der Waals surface area contributed by atoms with Gasteiger partial charge in [0.15, 0.2) is 0 Å². The standard InChI is InChI=1S/C13H24N4S/c1-5-7-11-16-12(14-6-2)8-13(17-11)15-9-10(3)18-4/h8,10H,5-7,9H2,1-4H3,(H2,14,15,16,17). The number of hydrogen-bond donors (Lipinski definition) is 2. The summed E-state index contributed by atoms with van der Waals surface area (Å²) in [7, 11) is 0. The van der Waals surface area contributed by atoms with Gasteiger partial charge in [0.05, 0.1) is 0 Å². The molecule has 1 aromatic heterocycles. The molecule has 0 saturated carbocycles. The summed E-state index contributed by atoms with van der Waals surface area (Å²) >= 11 is 1.85. The van der Waals surface area contributed by atoms with Crippen LogP contribution in [0.2, 0.25) is 0 Å². The molecule has 1 rings (SSSR count). The largest absolute Gasteiger partial charge is 0.370 e. The third-order valence-electron chi connectivity index (χ3n) is 2.58. The van der Waals surface area contributed by atoms with Gasteiger partial charge < -0.3 is 10.6 Å². The number of nitrogens with zero attached hydrogens (tertiary/aromatic N) is 2. The molecule has 0 fully saturated rings. The van der Waals surface area contributed by atoms with Gasteiger partial charge in [-0.15, -0.1) is 0 Å². The fourth-order valence-corrected chi connectivity index (χ4v) is 1.78.